The van der Waals surface area contributed by atoms with Crippen molar-refractivity contribution >= 4 is 29.9 Å². The van der Waals surface area contributed by atoms with Crippen LogP contribution in [0.4, 0.5) is 0 Å². The van der Waals surface area contributed by atoms with Crippen LogP contribution in [-0.2, 0) is 0 Å². The maximum absolute atomic E-state index is 2.76. The van der Waals surface area contributed by atoms with E-state index in [1.165, 1.54) is 48.9 Å². The van der Waals surface area contributed by atoms with Gasteiger partial charge >= 0.3 is 0 Å². The summed E-state index contributed by atoms with van der Waals surface area (Å²) < 4.78 is 4.44. The van der Waals surface area contributed by atoms with Gasteiger partial charge in [0.2, 0.25) is 0 Å². The van der Waals surface area contributed by atoms with E-state index in [0.717, 1.165) is 18.9 Å². The van der Waals surface area contributed by atoms with E-state index in [9.17, 15) is 0 Å². The Balaban J connectivity index is 1.55. The highest BCUT2D eigenvalue weighted by Gasteiger charge is 2.46. The summed E-state index contributed by atoms with van der Waals surface area (Å²) >= 11 is 0.0469. The second kappa shape index (κ2) is 9.93. The molecule has 0 aromatic heterocycles. The van der Waals surface area contributed by atoms with Crippen LogP contribution in [0.3, 0.4) is 0 Å². The van der Waals surface area contributed by atoms with Crippen molar-refractivity contribution in [2.75, 3.05) is 13.1 Å². The molecule has 1 aliphatic carbocycles. The Morgan fingerprint density at radius 1 is 1.00 bits per heavy atom. The van der Waals surface area contributed by atoms with Crippen LogP contribution in [0.1, 0.15) is 97.6 Å². The number of benzene rings is 1. The molecule has 0 amide bonds. The predicted molar refractivity (Wildman–Crippen MR) is 155 cm³/mol. The molecule has 4 rings (SSSR count). The van der Waals surface area contributed by atoms with Gasteiger partial charge in [0.05, 0.1) is 0 Å². The maximum atomic E-state index is 2.76. The third kappa shape index (κ3) is 5.03. The van der Waals surface area contributed by atoms with Gasteiger partial charge in [-0.1, -0.05) is 123 Å². The van der Waals surface area contributed by atoms with Crippen molar-refractivity contribution < 1.29 is 0 Å². The minimum atomic E-state index is 0.0469. The Kier molecular flexibility index (Phi) is 7.56. The van der Waals surface area contributed by atoms with Crippen LogP contribution < -0.4 is 0 Å². The molecule has 0 saturated carbocycles. The third-order valence-electron chi connectivity index (χ3n) is 8.34. The fraction of sp³-hybridized carbons (Fsp3) is 0.581. The molecule has 0 fully saturated rings. The Morgan fingerprint density at radius 2 is 1.73 bits per heavy atom. The van der Waals surface area contributed by atoms with E-state index in [1.54, 1.807) is 14.8 Å². The Labute approximate surface area is 213 Å². The van der Waals surface area contributed by atoms with Gasteiger partial charge in [0.1, 0.15) is 0 Å². The molecule has 3 aliphatic rings. The zero-order valence-corrected chi connectivity index (χ0v) is 24.1. The number of allylic oxidation sites excluding steroid dienone is 3. The predicted octanol–water partition coefficient (Wildman–Crippen LogP) is 9.09. The van der Waals surface area contributed by atoms with Crippen molar-refractivity contribution in [2.45, 2.75) is 86.5 Å². The largest absolute Gasteiger partial charge is 0.269 e. The number of fused-ring (bicyclic) bond motifs is 1. The molecule has 0 radical (unpaired) electrons. The van der Waals surface area contributed by atoms with E-state index in [-0.39, 0.29) is 31.6 Å². The molecular weight excluding hydrogens is 513 g/mol. The first kappa shape index (κ1) is 25.1. The SMILES string of the molecule is CCC[C@H](C)C1=CI=C(N2CC=C3C(C)(C)C(c4ccc(C(C)C)cc4)=CC[C@]3(C)C2)CC1. The summed E-state index contributed by atoms with van der Waals surface area (Å²) in [7, 11) is 0. The summed E-state index contributed by atoms with van der Waals surface area (Å²) in [6.45, 7) is 19.0. The average molecular weight is 558 g/mol. The van der Waals surface area contributed by atoms with Gasteiger partial charge < -0.3 is 0 Å². The Hall–Kier alpha value is -1.00. The maximum Gasteiger partial charge on any atom is 0.0285 e. The number of halogens is 1. The Bertz CT molecular complexity index is 988. The van der Waals surface area contributed by atoms with E-state index >= 15 is 0 Å². The van der Waals surface area contributed by atoms with Crippen molar-refractivity contribution in [3.63, 3.8) is 0 Å². The molecule has 180 valence electrons. The summed E-state index contributed by atoms with van der Waals surface area (Å²) in [6, 6.07) is 9.36. The lowest BCUT2D eigenvalue weighted by atomic mass is 9.58. The van der Waals surface area contributed by atoms with Gasteiger partial charge in [-0.2, -0.15) is 0 Å². The molecule has 0 saturated heterocycles. The first-order valence-electron chi connectivity index (χ1n) is 13.1. The van der Waals surface area contributed by atoms with Gasteiger partial charge in [-0.25, -0.2) is 0 Å². The summed E-state index contributed by atoms with van der Waals surface area (Å²) in [5, 5.41) is 0. The zero-order chi connectivity index (χ0) is 23.8. The van der Waals surface area contributed by atoms with E-state index in [0.29, 0.717) is 5.92 Å². The quantitative estimate of drug-likeness (QED) is 0.249. The smallest absolute Gasteiger partial charge is 0.0285 e. The summed E-state index contributed by atoms with van der Waals surface area (Å²) in [6.07, 6.45) is 11.6. The normalized spacial score (nSPS) is 26.4. The molecule has 0 bridgehead atoms. The molecule has 2 heteroatoms. The minimum Gasteiger partial charge on any atom is -0.269 e. The summed E-state index contributed by atoms with van der Waals surface area (Å²) in [4.78, 5) is 2.76. The van der Waals surface area contributed by atoms with Crippen LogP contribution in [0.25, 0.3) is 5.57 Å². The van der Waals surface area contributed by atoms with E-state index < -0.39 is 0 Å². The molecule has 1 nitrogen and oxygen atoms in total. The highest BCUT2D eigenvalue weighted by molar-refractivity contribution is 14.2. The molecule has 1 aromatic carbocycles. The van der Waals surface area contributed by atoms with Crippen molar-refractivity contribution in [3.05, 3.63) is 62.8 Å². The summed E-state index contributed by atoms with van der Waals surface area (Å²) in [5.41, 5.74) is 8.11. The molecule has 2 heterocycles. The van der Waals surface area contributed by atoms with Gasteiger partial charge in [-0.15, -0.1) is 0 Å². The topological polar surface area (TPSA) is 3.24 Å². The molecule has 0 unspecified atom stereocenters. The van der Waals surface area contributed by atoms with E-state index in [1.807, 2.05) is 0 Å². The lowest BCUT2D eigenvalue weighted by molar-refractivity contribution is 0.227. The Morgan fingerprint density at radius 3 is 2.33 bits per heavy atom. The first-order chi connectivity index (χ1) is 15.7. The van der Waals surface area contributed by atoms with Gasteiger partial charge in [0, 0.05) is 27.6 Å². The second-order valence-corrected chi connectivity index (χ2v) is 14.1. The minimum absolute atomic E-state index is 0.0469. The van der Waals surface area contributed by atoms with Crippen molar-refractivity contribution in [1.29, 1.82) is 0 Å². The number of hydrogen-bond acceptors (Lipinski definition) is 1. The van der Waals surface area contributed by atoms with Crippen molar-refractivity contribution in [1.82, 2.24) is 4.90 Å². The molecular formula is C31H44IN. The van der Waals surface area contributed by atoms with Crippen LogP contribution >= 0.6 is 20.7 Å². The van der Waals surface area contributed by atoms with Gasteiger partial charge in [0.25, 0.3) is 0 Å². The van der Waals surface area contributed by atoms with Crippen LogP contribution in [-0.4, -0.2) is 21.6 Å². The number of hydrogen-bond donors (Lipinski definition) is 0. The molecule has 2 aliphatic heterocycles. The highest BCUT2D eigenvalue weighted by Crippen LogP contribution is 2.55. The fourth-order valence-corrected chi connectivity index (χ4v) is 9.36. The number of nitrogens with zero attached hydrogens (tertiary/aromatic N) is 1. The fourth-order valence-electron chi connectivity index (χ4n) is 6.33. The average Bonchev–Trinajstić information content (AvgIpc) is 2.79. The molecule has 33 heavy (non-hydrogen) atoms. The zero-order valence-electron chi connectivity index (χ0n) is 22.0. The van der Waals surface area contributed by atoms with Gasteiger partial charge in [-0.05, 0) is 58.3 Å². The van der Waals surface area contributed by atoms with Crippen LogP contribution in [0.5, 0.6) is 0 Å². The van der Waals surface area contributed by atoms with Gasteiger partial charge in [-0.3, -0.25) is 4.90 Å². The second-order valence-electron chi connectivity index (χ2n) is 11.6. The van der Waals surface area contributed by atoms with Crippen molar-refractivity contribution in [3.8, 4) is 0 Å². The monoisotopic (exact) mass is 557 g/mol. The molecule has 2 atom stereocenters. The van der Waals surface area contributed by atoms with Crippen LogP contribution in [0, 0.1) is 16.7 Å². The molecule has 0 N–H and O–H groups in total. The first-order valence-corrected chi connectivity index (χ1v) is 15.4. The van der Waals surface area contributed by atoms with E-state index in [4.69, 9.17) is 0 Å². The lowest BCUT2D eigenvalue weighted by Gasteiger charge is -2.51. The molecule has 0 spiro atoms. The van der Waals surface area contributed by atoms with Crippen molar-refractivity contribution in [2.24, 2.45) is 16.7 Å². The number of rotatable bonds is 6. The highest BCUT2D eigenvalue weighted by atomic mass is 127. The molecule has 1 aromatic rings. The van der Waals surface area contributed by atoms with E-state index in [2.05, 4.69) is 93.9 Å². The van der Waals surface area contributed by atoms with Gasteiger partial charge in [0.15, 0.2) is 0 Å². The lowest BCUT2D eigenvalue weighted by Crippen LogP contribution is -2.48. The third-order valence-corrected chi connectivity index (χ3v) is 11.4. The summed E-state index contributed by atoms with van der Waals surface area (Å²) in [5.74, 6) is 1.38. The van der Waals surface area contributed by atoms with Crippen LogP contribution in [0.15, 0.2) is 51.6 Å². The van der Waals surface area contributed by atoms with Crippen LogP contribution in [0.2, 0.25) is 0 Å². The standard InChI is InChI=1S/C31H44IN/c1-8-9-23(4)26-14-15-29(32-20-26)33-19-17-28-30(5,6)27(16-18-31(28,7)21-33)25-12-10-24(11-13-25)22(2)3/h10-13,16-17,20,22-23H,8-9,14-15,18-19,21H2,1-7H3/t23-,31+/m0/s1.